The van der Waals surface area contributed by atoms with Crippen molar-refractivity contribution in [2.45, 2.75) is 44.6 Å². The Bertz CT molecular complexity index is 580. The van der Waals surface area contributed by atoms with Gasteiger partial charge in [0.15, 0.2) is 0 Å². The summed E-state index contributed by atoms with van der Waals surface area (Å²) >= 11 is 0. The quantitative estimate of drug-likeness (QED) is 0.906. The summed E-state index contributed by atoms with van der Waals surface area (Å²) in [5, 5.41) is 12.0. The van der Waals surface area contributed by atoms with Crippen LogP contribution >= 0.6 is 0 Å². The summed E-state index contributed by atoms with van der Waals surface area (Å²) in [5.41, 5.74) is 1.50. The zero-order chi connectivity index (χ0) is 13.3. The number of hydrogen-bond donors (Lipinski definition) is 1. The second-order valence-electron chi connectivity index (χ2n) is 5.77. The maximum Gasteiger partial charge on any atom is 0.0730 e. The summed E-state index contributed by atoms with van der Waals surface area (Å²) in [4.78, 5) is 4.69. The number of aromatic nitrogens is 1. The molecule has 1 aromatic heterocycles. The SMILES string of the molecule is CCC1CCCC1(O)Cc1ccc2ccccc2n1. The molecule has 2 unspecified atom stereocenters. The van der Waals surface area contributed by atoms with Crippen molar-refractivity contribution in [1.82, 2.24) is 4.98 Å². The summed E-state index contributed by atoms with van der Waals surface area (Å²) in [5.74, 6) is 0.431. The first-order chi connectivity index (χ1) is 9.21. The highest BCUT2D eigenvalue weighted by Crippen LogP contribution is 2.39. The van der Waals surface area contributed by atoms with E-state index in [9.17, 15) is 5.11 Å². The topological polar surface area (TPSA) is 33.1 Å². The van der Waals surface area contributed by atoms with Gasteiger partial charge in [0.2, 0.25) is 0 Å². The Morgan fingerprint density at radius 3 is 2.95 bits per heavy atom. The number of fused-ring (bicyclic) bond motifs is 1. The Morgan fingerprint density at radius 1 is 1.26 bits per heavy atom. The first-order valence-corrected chi connectivity index (χ1v) is 7.28. The zero-order valence-corrected chi connectivity index (χ0v) is 11.5. The number of benzene rings is 1. The van der Waals surface area contributed by atoms with Crippen molar-refractivity contribution in [3.63, 3.8) is 0 Å². The number of rotatable bonds is 3. The van der Waals surface area contributed by atoms with Gasteiger partial charge in [0, 0.05) is 17.5 Å². The first kappa shape index (κ1) is 12.6. The Morgan fingerprint density at radius 2 is 2.11 bits per heavy atom. The smallest absolute Gasteiger partial charge is 0.0730 e. The lowest BCUT2D eigenvalue weighted by Gasteiger charge is -2.29. The van der Waals surface area contributed by atoms with Crippen LogP contribution in [0.5, 0.6) is 0 Å². The molecule has 2 atom stereocenters. The van der Waals surface area contributed by atoms with Crippen molar-refractivity contribution in [2.24, 2.45) is 5.92 Å². The Kier molecular flexibility index (Phi) is 3.28. The van der Waals surface area contributed by atoms with Gasteiger partial charge in [-0.2, -0.15) is 0 Å². The van der Waals surface area contributed by atoms with Crippen LogP contribution in [-0.2, 0) is 6.42 Å². The molecule has 2 aromatic rings. The lowest BCUT2D eigenvalue weighted by atomic mass is 9.84. The monoisotopic (exact) mass is 255 g/mol. The minimum atomic E-state index is -0.537. The van der Waals surface area contributed by atoms with E-state index in [2.05, 4.69) is 25.1 Å². The molecular weight excluding hydrogens is 234 g/mol. The predicted octanol–water partition coefficient (Wildman–Crippen LogP) is 3.72. The largest absolute Gasteiger partial charge is 0.389 e. The van der Waals surface area contributed by atoms with E-state index in [1.807, 2.05) is 18.2 Å². The van der Waals surface area contributed by atoms with Gasteiger partial charge < -0.3 is 5.11 Å². The van der Waals surface area contributed by atoms with Crippen LogP contribution in [0.25, 0.3) is 10.9 Å². The molecule has 0 radical (unpaired) electrons. The molecule has 0 amide bonds. The summed E-state index contributed by atoms with van der Waals surface area (Å²) in [6.07, 6.45) is 4.96. The van der Waals surface area contributed by atoms with E-state index in [1.165, 1.54) is 0 Å². The Labute approximate surface area is 114 Å². The number of hydrogen-bond acceptors (Lipinski definition) is 2. The highest BCUT2D eigenvalue weighted by Gasteiger charge is 2.40. The van der Waals surface area contributed by atoms with E-state index in [0.717, 1.165) is 42.3 Å². The summed E-state index contributed by atoms with van der Waals surface area (Å²) in [6, 6.07) is 12.3. The maximum absolute atomic E-state index is 10.8. The minimum absolute atomic E-state index is 0.431. The number of nitrogens with zero attached hydrogens (tertiary/aromatic N) is 1. The third-order valence-electron chi connectivity index (χ3n) is 4.56. The fourth-order valence-corrected chi connectivity index (χ4v) is 3.46. The molecule has 100 valence electrons. The molecule has 0 aliphatic heterocycles. The number of para-hydroxylation sites is 1. The fourth-order valence-electron chi connectivity index (χ4n) is 3.46. The van der Waals surface area contributed by atoms with Crippen LogP contribution in [0.4, 0.5) is 0 Å². The van der Waals surface area contributed by atoms with Gasteiger partial charge in [-0.15, -0.1) is 0 Å². The first-order valence-electron chi connectivity index (χ1n) is 7.28. The van der Waals surface area contributed by atoms with Crippen molar-refractivity contribution in [3.8, 4) is 0 Å². The van der Waals surface area contributed by atoms with Gasteiger partial charge in [-0.05, 0) is 30.9 Å². The predicted molar refractivity (Wildman–Crippen MR) is 78.0 cm³/mol. The third kappa shape index (κ3) is 2.37. The second kappa shape index (κ2) is 4.93. The molecule has 1 aromatic carbocycles. The van der Waals surface area contributed by atoms with Crippen LogP contribution in [0, 0.1) is 5.92 Å². The molecule has 1 N–H and O–H groups in total. The molecular formula is C17H21NO. The fraction of sp³-hybridized carbons (Fsp3) is 0.471. The summed E-state index contributed by atoms with van der Waals surface area (Å²) < 4.78 is 0. The zero-order valence-electron chi connectivity index (χ0n) is 11.5. The molecule has 3 rings (SSSR count). The van der Waals surface area contributed by atoms with Gasteiger partial charge >= 0.3 is 0 Å². The van der Waals surface area contributed by atoms with Crippen LogP contribution in [0.15, 0.2) is 36.4 Å². The summed E-state index contributed by atoms with van der Waals surface area (Å²) in [7, 11) is 0. The molecule has 1 fully saturated rings. The van der Waals surface area contributed by atoms with Crippen LogP contribution in [-0.4, -0.2) is 15.7 Å². The van der Waals surface area contributed by atoms with E-state index in [-0.39, 0.29) is 0 Å². The molecule has 0 bridgehead atoms. The van der Waals surface area contributed by atoms with E-state index in [1.54, 1.807) is 0 Å². The van der Waals surface area contributed by atoms with Crippen LogP contribution in [0.3, 0.4) is 0 Å². The molecule has 19 heavy (non-hydrogen) atoms. The average molecular weight is 255 g/mol. The average Bonchev–Trinajstić information content (AvgIpc) is 2.79. The van der Waals surface area contributed by atoms with E-state index in [4.69, 9.17) is 4.98 Å². The number of pyridine rings is 1. The molecule has 1 aliphatic carbocycles. The van der Waals surface area contributed by atoms with E-state index < -0.39 is 5.60 Å². The normalized spacial score (nSPS) is 26.9. The Balaban J connectivity index is 1.88. The van der Waals surface area contributed by atoms with Crippen molar-refractivity contribution in [1.29, 1.82) is 0 Å². The molecule has 2 nitrogen and oxygen atoms in total. The lowest BCUT2D eigenvalue weighted by Crippen LogP contribution is -2.35. The van der Waals surface area contributed by atoms with Gasteiger partial charge in [-0.25, -0.2) is 0 Å². The van der Waals surface area contributed by atoms with Crippen LogP contribution in [0.1, 0.15) is 38.3 Å². The van der Waals surface area contributed by atoms with Gasteiger partial charge in [0.05, 0.1) is 11.1 Å². The van der Waals surface area contributed by atoms with Crippen molar-refractivity contribution in [2.75, 3.05) is 0 Å². The maximum atomic E-state index is 10.8. The van der Waals surface area contributed by atoms with E-state index in [0.29, 0.717) is 12.3 Å². The molecule has 0 spiro atoms. The van der Waals surface area contributed by atoms with Gasteiger partial charge in [-0.1, -0.05) is 44.0 Å². The molecule has 2 heteroatoms. The summed E-state index contributed by atoms with van der Waals surface area (Å²) in [6.45, 7) is 2.18. The second-order valence-corrected chi connectivity index (χ2v) is 5.77. The van der Waals surface area contributed by atoms with Crippen molar-refractivity contribution >= 4 is 10.9 Å². The molecule has 1 aliphatic rings. The minimum Gasteiger partial charge on any atom is -0.389 e. The third-order valence-corrected chi connectivity index (χ3v) is 4.56. The molecule has 1 heterocycles. The standard InChI is InChI=1S/C17H21NO/c1-2-14-7-5-11-17(14,19)12-15-10-9-13-6-3-4-8-16(13)18-15/h3-4,6,8-10,14,19H,2,5,7,11-12H2,1H3. The van der Waals surface area contributed by atoms with Crippen molar-refractivity contribution in [3.05, 3.63) is 42.1 Å². The molecule has 1 saturated carbocycles. The van der Waals surface area contributed by atoms with Gasteiger partial charge in [-0.3, -0.25) is 4.98 Å². The highest BCUT2D eigenvalue weighted by molar-refractivity contribution is 5.78. The Hall–Kier alpha value is -1.41. The lowest BCUT2D eigenvalue weighted by molar-refractivity contribution is 0.000701. The van der Waals surface area contributed by atoms with Crippen LogP contribution < -0.4 is 0 Å². The van der Waals surface area contributed by atoms with Crippen LogP contribution in [0.2, 0.25) is 0 Å². The molecule has 0 saturated heterocycles. The van der Waals surface area contributed by atoms with E-state index >= 15 is 0 Å². The number of aliphatic hydroxyl groups is 1. The highest BCUT2D eigenvalue weighted by atomic mass is 16.3. The van der Waals surface area contributed by atoms with Gasteiger partial charge in [0.1, 0.15) is 0 Å². The van der Waals surface area contributed by atoms with Crippen molar-refractivity contribution < 1.29 is 5.11 Å². The van der Waals surface area contributed by atoms with Gasteiger partial charge in [0.25, 0.3) is 0 Å².